The number of hydrogen-bond acceptors (Lipinski definition) is 6. The molecular formula is C23H20BrN3O3S. The summed E-state index contributed by atoms with van der Waals surface area (Å²) in [6.07, 6.45) is 0.561. The van der Waals surface area contributed by atoms with Gasteiger partial charge in [-0.05, 0) is 29.7 Å². The molecule has 0 aliphatic carbocycles. The van der Waals surface area contributed by atoms with Crippen LogP contribution in [-0.4, -0.2) is 24.1 Å². The zero-order chi connectivity index (χ0) is 20.9. The molecule has 0 bridgehead atoms. The number of halogens is 1. The first kappa shape index (κ1) is 19.2. The van der Waals surface area contributed by atoms with Crippen LogP contribution in [0.4, 0.5) is 5.00 Å². The minimum absolute atomic E-state index is 0.0164. The number of amides is 1. The summed E-state index contributed by atoms with van der Waals surface area (Å²) in [5.41, 5.74) is 4.24. The molecule has 1 unspecified atom stereocenters. The Morgan fingerprint density at radius 1 is 1.13 bits per heavy atom. The van der Waals surface area contributed by atoms with Crippen LogP contribution in [0.2, 0.25) is 0 Å². The van der Waals surface area contributed by atoms with Crippen molar-refractivity contribution >= 4 is 38.2 Å². The largest absolute Gasteiger partial charge is 0.454 e. The number of anilines is 1. The van der Waals surface area contributed by atoms with E-state index in [-0.39, 0.29) is 18.9 Å². The highest BCUT2D eigenvalue weighted by Crippen LogP contribution is 2.44. The third-order valence-corrected chi connectivity index (χ3v) is 7.80. The Labute approximate surface area is 192 Å². The van der Waals surface area contributed by atoms with Crippen LogP contribution in [-0.2, 0) is 19.5 Å². The monoisotopic (exact) mass is 497 g/mol. The van der Waals surface area contributed by atoms with Crippen molar-refractivity contribution in [3.63, 3.8) is 0 Å². The molecule has 1 atom stereocenters. The van der Waals surface area contributed by atoms with Gasteiger partial charge in [0, 0.05) is 34.5 Å². The van der Waals surface area contributed by atoms with Crippen LogP contribution in [0, 0.1) is 0 Å². The zero-order valence-electron chi connectivity index (χ0n) is 16.6. The lowest BCUT2D eigenvalue weighted by Gasteiger charge is -2.29. The highest BCUT2D eigenvalue weighted by Gasteiger charge is 2.34. The molecule has 31 heavy (non-hydrogen) atoms. The normalized spacial score (nSPS) is 19.4. The zero-order valence-corrected chi connectivity index (χ0v) is 19.0. The summed E-state index contributed by atoms with van der Waals surface area (Å²) in [4.78, 5) is 16.8. The van der Waals surface area contributed by atoms with Crippen LogP contribution in [0.15, 0.2) is 46.9 Å². The fraction of sp³-hybridized carbons (Fsp3) is 0.261. The molecule has 1 amide bonds. The number of fused-ring (bicyclic) bond motifs is 4. The summed E-state index contributed by atoms with van der Waals surface area (Å²) in [6, 6.07) is 14.3. The van der Waals surface area contributed by atoms with Crippen molar-refractivity contribution in [2.45, 2.75) is 25.7 Å². The lowest BCUT2D eigenvalue weighted by Crippen LogP contribution is -2.39. The summed E-state index contributed by atoms with van der Waals surface area (Å²) < 4.78 is 11.8. The van der Waals surface area contributed by atoms with Gasteiger partial charge in [-0.3, -0.25) is 9.69 Å². The van der Waals surface area contributed by atoms with Gasteiger partial charge in [-0.2, -0.15) is 0 Å². The molecule has 2 aromatic carbocycles. The van der Waals surface area contributed by atoms with Gasteiger partial charge in [0.15, 0.2) is 11.5 Å². The van der Waals surface area contributed by atoms with E-state index in [1.165, 1.54) is 16.0 Å². The number of nitrogens with one attached hydrogen (secondary N) is 2. The molecule has 3 aliphatic rings. The minimum Gasteiger partial charge on any atom is -0.454 e. The van der Waals surface area contributed by atoms with E-state index in [1.54, 1.807) is 11.3 Å². The molecular weight excluding hydrogens is 478 g/mol. The second-order valence-corrected chi connectivity index (χ2v) is 9.89. The lowest BCUT2D eigenvalue weighted by molar-refractivity contribution is 0.0934. The molecule has 158 valence electrons. The second kappa shape index (κ2) is 7.55. The number of ether oxygens (including phenoxy) is 2. The number of benzene rings is 2. The molecule has 4 heterocycles. The maximum atomic E-state index is 13.1. The molecule has 0 saturated heterocycles. The van der Waals surface area contributed by atoms with E-state index < -0.39 is 0 Å². The number of nitrogens with zero attached hydrogens (tertiary/aromatic N) is 1. The number of carbonyl (C=O) groups excluding carboxylic acids is 1. The van der Waals surface area contributed by atoms with E-state index in [2.05, 4.69) is 55.7 Å². The van der Waals surface area contributed by atoms with Gasteiger partial charge in [0.2, 0.25) is 6.79 Å². The minimum atomic E-state index is -0.329. The topological polar surface area (TPSA) is 62.8 Å². The second-order valence-electron chi connectivity index (χ2n) is 7.93. The average Bonchev–Trinajstić information content (AvgIpc) is 3.37. The molecule has 2 N–H and O–H groups in total. The Morgan fingerprint density at radius 2 is 1.94 bits per heavy atom. The van der Waals surface area contributed by atoms with Crippen molar-refractivity contribution in [3.8, 4) is 11.5 Å². The fourth-order valence-electron chi connectivity index (χ4n) is 4.45. The van der Waals surface area contributed by atoms with E-state index in [0.717, 1.165) is 46.7 Å². The van der Waals surface area contributed by atoms with Crippen molar-refractivity contribution in [2.24, 2.45) is 0 Å². The molecule has 6 rings (SSSR count). The first-order valence-electron chi connectivity index (χ1n) is 10.2. The van der Waals surface area contributed by atoms with E-state index >= 15 is 0 Å². The van der Waals surface area contributed by atoms with Gasteiger partial charge >= 0.3 is 0 Å². The van der Waals surface area contributed by atoms with Gasteiger partial charge in [-0.15, -0.1) is 11.3 Å². The summed E-state index contributed by atoms with van der Waals surface area (Å²) in [7, 11) is 0. The van der Waals surface area contributed by atoms with Gasteiger partial charge < -0.3 is 20.1 Å². The van der Waals surface area contributed by atoms with Crippen LogP contribution < -0.4 is 20.1 Å². The first-order valence-corrected chi connectivity index (χ1v) is 11.8. The third kappa shape index (κ3) is 3.39. The quantitative estimate of drug-likeness (QED) is 0.551. The molecule has 0 spiro atoms. The molecule has 8 heteroatoms. The van der Waals surface area contributed by atoms with Crippen molar-refractivity contribution in [1.82, 2.24) is 10.2 Å². The number of rotatable bonds is 3. The summed E-state index contributed by atoms with van der Waals surface area (Å²) in [5.74, 6) is 1.39. The van der Waals surface area contributed by atoms with Crippen molar-refractivity contribution in [3.05, 3.63) is 74.1 Å². The highest BCUT2D eigenvalue weighted by molar-refractivity contribution is 9.10. The lowest BCUT2D eigenvalue weighted by atomic mass is 10.00. The highest BCUT2D eigenvalue weighted by atomic mass is 79.9. The van der Waals surface area contributed by atoms with Gasteiger partial charge in [0.05, 0.1) is 5.56 Å². The Bertz CT molecular complexity index is 1180. The van der Waals surface area contributed by atoms with Crippen molar-refractivity contribution in [1.29, 1.82) is 0 Å². The van der Waals surface area contributed by atoms with E-state index in [0.29, 0.717) is 11.5 Å². The van der Waals surface area contributed by atoms with E-state index in [9.17, 15) is 4.79 Å². The van der Waals surface area contributed by atoms with Crippen LogP contribution in [0.5, 0.6) is 11.5 Å². The van der Waals surface area contributed by atoms with Crippen LogP contribution >= 0.6 is 27.3 Å². The summed E-state index contributed by atoms with van der Waals surface area (Å²) in [5, 5.41) is 7.61. The number of thiophene rings is 1. The SMILES string of the molecule is O=C1NC(c2cc3c(cc2Br)OCO3)Nc2sc3c(c21)CCN(Cc1ccccc1)C3. The molecule has 0 saturated carbocycles. The van der Waals surface area contributed by atoms with Crippen molar-refractivity contribution < 1.29 is 14.3 Å². The van der Waals surface area contributed by atoms with Crippen molar-refractivity contribution in [2.75, 3.05) is 18.7 Å². The standard InChI is InChI=1S/C23H20BrN3O3S/c24-16-9-18-17(29-12-30-18)8-15(16)21-25-22(28)20-14-6-7-27(10-13-4-2-1-3-5-13)11-19(14)31-23(20)26-21/h1-5,8-9,21,26H,6-7,10-12H2,(H,25,28). The summed E-state index contributed by atoms with van der Waals surface area (Å²) >= 11 is 5.31. The maximum absolute atomic E-state index is 13.1. The Kier molecular flexibility index (Phi) is 4.66. The Hall–Kier alpha value is -2.55. The fourth-order valence-corrected chi connectivity index (χ4v) is 6.32. The molecule has 6 nitrogen and oxygen atoms in total. The van der Waals surface area contributed by atoms with Crippen LogP contribution in [0.25, 0.3) is 0 Å². The molecule has 0 radical (unpaired) electrons. The third-order valence-electron chi connectivity index (χ3n) is 5.97. The van der Waals surface area contributed by atoms with Crippen LogP contribution in [0.1, 0.15) is 38.1 Å². The predicted octanol–water partition coefficient (Wildman–Crippen LogP) is 4.65. The van der Waals surface area contributed by atoms with Gasteiger partial charge in [-0.25, -0.2) is 0 Å². The molecule has 0 fully saturated rings. The molecule has 3 aliphatic heterocycles. The van der Waals surface area contributed by atoms with E-state index in [1.807, 2.05) is 18.2 Å². The number of carbonyl (C=O) groups is 1. The predicted molar refractivity (Wildman–Crippen MR) is 123 cm³/mol. The number of hydrogen-bond donors (Lipinski definition) is 2. The molecule has 3 aromatic rings. The average molecular weight is 498 g/mol. The molecule has 1 aromatic heterocycles. The van der Waals surface area contributed by atoms with Crippen LogP contribution in [0.3, 0.4) is 0 Å². The maximum Gasteiger partial charge on any atom is 0.256 e. The Morgan fingerprint density at radius 3 is 2.77 bits per heavy atom. The first-order chi connectivity index (χ1) is 15.2. The van der Waals surface area contributed by atoms with E-state index in [4.69, 9.17) is 9.47 Å². The summed E-state index contributed by atoms with van der Waals surface area (Å²) in [6.45, 7) is 2.97. The van der Waals surface area contributed by atoms with Gasteiger partial charge in [-0.1, -0.05) is 46.3 Å². The Balaban J connectivity index is 1.26. The van der Waals surface area contributed by atoms with Gasteiger partial charge in [0.1, 0.15) is 11.2 Å². The smallest absolute Gasteiger partial charge is 0.256 e. The van der Waals surface area contributed by atoms with Gasteiger partial charge in [0.25, 0.3) is 5.91 Å².